The van der Waals surface area contributed by atoms with E-state index >= 15 is 0 Å². The van der Waals surface area contributed by atoms with Crippen LogP contribution in [0.4, 0.5) is 5.69 Å². The van der Waals surface area contributed by atoms with Crippen LogP contribution in [-0.2, 0) is 9.59 Å². The molecule has 1 aromatic rings. The third kappa shape index (κ3) is 3.44. The maximum atomic E-state index is 13.0. The Morgan fingerprint density at radius 2 is 1.77 bits per heavy atom. The fourth-order valence-corrected chi connectivity index (χ4v) is 7.05. The SMILES string of the molecule is COc1ccc(N2CC(C(=O)NCC34CC5CC(CC(C5)C3)C4)CC2=O)c(OC)c1. The van der Waals surface area contributed by atoms with Gasteiger partial charge in [-0.1, -0.05) is 0 Å². The summed E-state index contributed by atoms with van der Waals surface area (Å²) in [6, 6.07) is 5.40. The molecule has 1 saturated heterocycles. The molecule has 1 aromatic carbocycles. The van der Waals surface area contributed by atoms with E-state index in [2.05, 4.69) is 5.32 Å². The van der Waals surface area contributed by atoms with Crippen LogP contribution in [0.2, 0.25) is 0 Å². The molecular formula is C24H32N2O4. The zero-order chi connectivity index (χ0) is 20.9. The van der Waals surface area contributed by atoms with Crippen molar-refractivity contribution in [2.75, 3.05) is 32.2 Å². The lowest BCUT2D eigenvalue weighted by atomic mass is 9.49. The predicted octanol–water partition coefficient (Wildman–Crippen LogP) is 3.39. The van der Waals surface area contributed by atoms with E-state index in [1.165, 1.54) is 38.5 Å². The molecule has 162 valence electrons. The Balaban J connectivity index is 1.23. The van der Waals surface area contributed by atoms with Gasteiger partial charge in [-0.05, 0) is 73.8 Å². The molecule has 5 aliphatic rings. The van der Waals surface area contributed by atoms with Crippen LogP contribution >= 0.6 is 0 Å². The van der Waals surface area contributed by atoms with Gasteiger partial charge >= 0.3 is 0 Å². The first-order chi connectivity index (χ1) is 14.5. The molecule has 0 radical (unpaired) electrons. The Labute approximate surface area is 178 Å². The van der Waals surface area contributed by atoms with E-state index in [9.17, 15) is 9.59 Å². The van der Waals surface area contributed by atoms with Gasteiger partial charge in [-0.15, -0.1) is 0 Å². The van der Waals surface area contributed by atoms with Crippen molar-refractivity contribution in [3.63, 3.8) is 0 Å². The molecule has 6 heteroatoms. The summed E-state index contributed by atoms with van der Waals surface area (Å²) in [5, 5.41) is 3.25. The van der Waals surface area contributed by atoms with Crippen molar-refractivity contribution in [3.8, 4) is 11.5 Å². The van der Waals surface area contributed by atoms with E-state index in [1.54, 1.807) is 25.2 Å². The lowest BCUT2D eigenvalue weighted by Gasteiger charge is -2.57. The molecule has 30 heavy (non-hydrogen) atoms. The van der Waals surface area contributed by atoms with Crippen LogP contribution in [0.3, 0.4) is 0 Å². The molecule has 1 N–H and O–H groups in total. The lowest BCUT2D eigenvalue weighted by Crippen LogP contribution is -2.51. The van der Waals surface area contributed by atoms with Crippen molar-refractivity contribution in [2.45, 2.75) is 44.9 Å². The van der Waals surface area contributed by atoms with E-state index < -0.39 is 0 Å². The number of hydrogen-bond donors (Lipinski definition) is 1. The van der Waals surface area contributed by atoms with Crippen molar-refractivity contribution in [1.29, 1.82) is 0 Å². The van der Waals surface area contributed by atoms with E-state index in [4.69, 9.17) is 9.47 Å². The number of methoxy groups -OCH3 is 2. The van der Waals surface area contributed by atoms with Crippen molar-refractivity contribution in [1.82, 2.24) is 5.32 Å². The third-order valence-corrected chi connectivity index (χ3v) is 7.98. The highest BCUT2D eigenvalue weighted by Crippen LogP contribution is 2.59. The zero-order valence-corrected chi connectivity index (χ0v) is 18.0. The number of carbonyl (C=O) groups excluding carboxylic acids is 2. The van der Waals surface area contributed by atoms with Gasteiger partial charge in [0.1, 0.15) is 11.5 Å². The van der Waals surface area contributed by atoms with Crippen LogP contribution in [0.15, 0.2) is 18.2 Å². The van der Waals surface area contributed by atoms with Crippen molar-refractivity contribution in [3.05, 3.63) is 18.2 Å². The fourth-order valence-electron chi connectivity index (χ4n) is 7.05. The first-order valence-corrected chi connectivity index (χ1v) is 11.3. The van der Waals surface area contributed by atoms with Gasteiger partial charge in [-0.2, -0.15) is 0 Å². The van der Waals surface area contributed by atoms with Crippen LogP contribution in [0.5, 0.6) is 11.5 Å². The van der Waals surface area contributed by atoms with Crippen molar-refractivity contribution < 1.29 is 19.1 Å². The van der Waals surface area contributed by atoms with Crippen LogP contribution in [-0.4, -0.2) is 39.1 Å². The minimum absolute atomic E-state index is 0.0223. The minimum atomic E-state index is -0.307. The smallest absolute Gasteiger partial charge is 0.227 e. The summed E-state index contributed by atoms with van der Waals surface area (Å²) in [5.74, 6) is 3.56. The topological polar surface area (TPSA) is 67.9 Å². The van der Waals surface area contributed by atoms with Gasteiger partial charge in [0, 0.05) is 25.6 Å². The van der Waals surface area contributed by atoms with Gasteiger partial charge in [0.15, 0.2) is 0 Å². The highest BCUT2D eigenvalue weighted by Gasteiger charge is 2.51. The summed E-state index contributed by atoms with van der Waals surface area (Å²) in [6.07, 6.45) is 8.30. The Bertz CT molecular complexity index is 816. The molecule has 2 amide bonds. The lowest BCUT2D eigenvalue weighted by molar-refractivity contribution is -0.128. The summed E-state index contributed by atoms with van der Waals surface area (Å²) in [4.78, 5) is 27.3. The average molecular weight is 413 g/mol. The normalized spacial score (nSPS) is 34.3. The second-order valence-corrected chi connectivity index (χ2v) is 10.1. The van der Waals surface area contributed by atoms with Gasteiger partial charge in [0.25, 0.3) is 0 Å². The summed E-state index contributed by atoms with van der Waals surface area (Å²) in [6.45, 7) is 1.18. The number of ether oxygens (including phenoxy) is 2. The largest absolute Gasteiger partial charge is 0.497 e. The number of rotatable bonds is 6. The highest BCUT2D eigenvalue weighted by molar-refractivity contribution is 6.01. The first-order valence-electron chi connectivity index (χ1n) is 11.3. The molecular weight excluding hydrogens is 380 g/mol. The molecule has 1 heterocycles. The number of nitrogens with one attached hydrogen (secondary N) is 1. The first kappa shape index (κ1) is 19.7. The molecule has 4 aliphatic carbocycles. The summed E-state index contributed by atoms with van der Waals surface area (Å²) in [5.41, 5.74) is 1.01. The standard InChI is InChI=1S/C24H32N2O4/c1-29-19-3-4-20(21(9-19)30-2)26-13-18(8-22(26)27)23(28)25-14-24-10-15-5-16(11-24)7-17(6-15)12-24/h3-4,9,15-18H,5-8,10-14H2,1-2H3,(H,25,28). The van der Waals surface area contributed by atoms with Gasteiger partial charge in [-0.3, -0.25) is 9.59 Å². The van der Waals surface area contributed by atoms with Gasteiger partial charge in [0.2, 0.25) is 11.8 Å². The van der Waals surface area contributed by atoms with Crippen LogP contribution in [0, 0.1) is 29.1 Å². The summed E-state index contributed by atoms with van der Waals surface area (Å²) >= 11 is 0. The van der Waals surface area contributed by atoms with Crippen molar-refractivity contribution >= 4 is 17.5 Å². The predicted molar refractivity (Wildman–Crippen MR) is 114 cm³/mol. The fraction of sp³-hybridized carbons (Fsp3) is 0.667. The third-order valence-electron chi connectivity index (χ3n) is 7.98. The number of amides is 2. The van der Waals surface area contributed by atoms with E-state index in [1.807, 2.05) is 12.1 Å². The van der Waals surface area contributed by atoms with Crippen LogP contribution < -0.4 is 19.7 Å². The Kier molecular flexibility index (Phi) is 4.91. The van der Waals surface area contributed by atoms with Gasteiger partial charge in [0.05, 0.1) is 25.8 Å². The molecule has 0 spiro atoms. The van der Waals surface area contributed by atoms with E-state index in [0.29, 0.717) is 29.1 Å². The van der Waals surface area contributed by atoms with E-state index in [-0.39, 0.29) is 24.2 Å². The minimum Gasteiger partial charge on any atom is -0.497 e. The van der Waals surface area contributed by atoms with Crippen LogP contribution in [0.1, 0.15) is 44.9 Å². The Morgan fingerprint density at radius 1 is 1.10 bits per heavy atom. The second-order valence-electron chi connectivity index (χ2n) is 10.1. The van der Waals surface area contributed by atoms with Crippen molar-refractivity contribution in [2.24, 2.45) is 29.1 Å². The summed E-state index contributed by atoms with van der Waals surface area (Å²) < 4.78 is 10.7. The quantitative estimate of drug-likeness (QED) is 0.778. The Morgan fingerprint density at radius 3 is 2.37 bits per heavy atom. The molecule has 4 bridgehead atoms. The maximum absolute atomic E-state index is 13.0. The Hall–Kier alpha value is -2.24. The number of nitrogens with zero attached hydrogens (tertiary/aromatic N) is 1. The molecule has 0 aromatic heterocycles. The zero-order valence-electron chi connectivity index (χ0n) is 18.0. The second kappa shape index (κ2) is 7.47. The van der Waals surface area contributed by atoms with Gasteiger partial charge in [-0.25, -0.2) is 0 Å². The number of hydrogen-bond acceptors (Lipinski definition) is 4. The monoisotopic (exact) mass is 412 g/mol. The van der Waals surface area contributed by atoms with Crippen LogP contribution in [0.25, 0.3) is 0 Å². The summed E-state index contributed by atoms with van der Waals surface area (Å²) in [7, 11) is 3.17. The number of anilines is 1. The molecule has 1 aliphatic heterocycles. The molecule has 5 fully saturated rings. The average Bonchev–Trinajstić information content (AvgIpc) is 3.12. The van der Waals surface area contributed by atoms with Gasteiger partial charge < -0.3 is 19.7 Å². The molecule has 6 rings (SSSR count). The molecule has 1 unspecified atom stereocenters. The molecule has 6 nitrogen and oxygen atoms in total. The highest BCUT2D eigenvalue weighted by atomic mass is 16.5. The maximum Gasteiger partial charge on any atom is 0.227 e. The molecule has 4 saturated carbocycles. The molecule has 1 atom stereocenters. The van der Waals surface area contributed by atoms with E-state index in [0.717, 1.165) is 24.3 Å². The number of benzene rings is 1. The number of carbonyl (C=O) groups is 2.